The molecule has 0 aliphatic carbocycles. The molecule has 1 aliphatic heterocycles. The van der Waals surface area contributed by atoms with Gasteiger partial charge in [0.25, 0.3) is 0 Å². The molecule has 1 aromatic rings. The van der Waals surface area contributed by atoms with E-state index in [0.29, 0.717) is 17.8 Å². The number of nitrogen functional groups attached to an aromatic ring is 1. The van der Waals surface area contributed by atoms with Crippen LogP contribution >= 0.6 is 0 Å². The van der Waals surface area contributed by atoms with Gasteiger partial charge in [-0.15, -0.1) is 0 Å². The van der Waals surface area contributed by atoms with E-state index in [1.165, 1.54) is 6.07 Å². The van der Waals surface area contributed by atoms with E-state index in [0.717, 1.165) is 24.9 Å². The summed E-state index contributed by atoms with van der Waals surface area (Å²) in [7, 11) is -3.73. The van der Waals surface area contributed by atoms with Crippen LogP contribution in [0.25, 0.3) is 0 Å². The predicted molar refractivity (Wildman–Crippen MR) is 77.5 cm³/mol. The molecule has 106 valence electrons. The summed E-state index contributed by atoms with van der Waals surface area (Å²) in [5.74, 6) is 0. The predicted octanol–water partition coefficient (Wildman–Crippen LogP) is 1.68. The summed E-state index contributed by atoms with van der Waals surface area (Å²) in [6.07, 6.45) is 3.26. The van der Waals surface area contributed by atoms with Gasteiger partial charge in [-0.25, -0.2) is 13.6 Å². The molecular formula is C13H21N3O2S. The lowest BCUT2D eigenvalue weighted by Crippen LogP contribution is -2.34. The molecule has 0 bridgehead atoms. The number of nitrogens with zero attached hydrogens (tertiary/aromatic N) is 1. The van der Waals surface area contributed by atoms with Crippen LogP contribution in [0.2, 0.25) is 0 Å². The zero-order chi connectivity index (χ0) is 14.2. The van der Waals surface area contributed by atoms with Crippen LogP contribution in [0.5, 0.6) is 0 Å². The highest BCUT2D eigenvalue weighted by Gasteiger charge is 2.30. The van der Waals surface area contributed by atoms with Crippen molar-refractivity contribution in [1.82, 2.24) is 0 Å². The largest absolute Gasteiger partial charge is 0.399 e. The van der Waals surface area contributed by atoms with Crippen molar-refractivity contribution in [2.75, 3.05) is 10.6 Å². The lowest BCUT2D eigenvalue weighted by atomic mass is 10.1. The summed E-state index contributed by atoms with van der Waals surface area (Å²) < 4.78 is 23.0. The average Bonchev–Trinajstić information content (AvgIpc) is 2.68. The highest BCUT2D eigenvalue weighted by molar-refractivity contribution is 7.89. The maximum Gasteiger partial charge on any atom is 0.238 e. The van der Waals surface area contributed by atoms with Gasteiger partial charge in [-0.1, -0.05) is 6.92 Å². The Morgan fingerprint density at radius 3 is 2.58 bits per heavy atom. The van der Waals surface area contributed by atoms with E-state index in [-0.39, 0.29) is 4.90 Å². The highest BCUT2D eigenvalue weighted by Crippen LogP contribution is 2.34. The second-order valence-corrected chi connectivity index (χ2v) is 6.76. The zero-order valence-electron chi connectivity index (χ0n) is 11.3. The molecule has 1 aromatic carbocycles. The van der Waals surface area contributed by atoms with Crippen molar-refractivity contribution < 1.29 is 8.42 Å². The Bertz CT molecular complexity index is 571. The fraction of sp³-hybridized carbons (Fsp3) is 0.538. The molecule has 2 atom stereocenters. The van der Waals surface area contributed by atoms with Crippen LogP contribution in [0.3, 0.4) is 0 Å². The zero-order valence-corrected chi connectivity index (χ0v) is 12.2. The average molecular weight is 283 g/mol. The van der Waals surface area contributed by atoms with E-state index in [4.69, 9.17) is 10.9 Å². The van der Waals surface area contributed by atoms with Gasteiger partial charge < -0.3 is 10.6 Å². The van der Waals surface area contributed by atoms with E-state index in [2.05, 4.69) is 18.7 Å². The molecule has 6 heteroatoms. The van der Waals surface area contributed by atoms with Gasteiger partial charge in [-0.3, -0.25) is 0 Å². The first kappa shape index (κ1) is 14.1. The molecule has 1 aliphatic rings. The molecule has 2 unspecified atom stereocenters. The van der Waals surface area contributed by atoms with Crippen molar-refractivity contribution in [3.8, 4) is 0 Å². The molecule has 19 heavy (non-hydrogen) atoms. The van der Waals surface area contributed by atoms with Crippen LogP contribution < -0.4 is 15.8 Å². The Morgan fingerprint density at radius 1 is 1.32 bits per heavy atom. The molecule has 1 saturated heterocycles. The van der Waals surface area contributed by atoms with Gasteiger partial charge in [0, 0.05) is 23.5 Å². The Labute approximate surface area is 114 Å². The van der Waals surface area contributed by atoms with Gasteiger partial charge in [0.2, 0.25) is 10.0 Å². The molecule has 0 spiro atoms. The summed E-state index contributed by atoms with van der Waals surface area (Å²) in [5.41, 5.74) is 7.08. The number of anilines is 2. The smallest absolute Gasteiger partial charge is 0.238 e. The fourth-order valence-corrected chi connectivity index (χ4v) is 3.44. The van der Waals surface area contributed by atoms with E-state index >= 15 is 0 Å². The second-order valence-electron chi connectivity index (χ2n) is 5.20. The van der Waals surface area contributed by atoms with Crippen LogP contribution in [0, 0.1) is 0 Å². The number of sulfonamides is 1. The van der Waals surface area contributed by atoms with E-state index in [1.54, 1.807) is 6.07 Å². The normalized spacial score (nSPS) is 23.8. The van der Waals surface area contributed by atoms with Crippen molar-refractivity contribution in [2.24, 2.45) is 5.14 Å². The van der Waals surface area contributed by atoms with Gasteiger partial charge in [-0.2, -0.15) is 0 Å². The molecule has 0 radical (unpaired) electrons. The molecule has 0 saturated carbocycles. The van der Waals surface area contributed by atoms with Crippen LogP contribution in [-0.4, -0.2) is 20.5 Å². The minimum absolute atomic E-state index is 0.0800. The number of benzene rings is 1. The molecule has 1 fully saturated rings. The van der Waals surface area contributed by atoms with Crippen molar-refractivity contribution in [3.63, 3.8) is 0 Å². The van der Waals surface area contributed by atoms with Crippen molar-refractivity contribution in [1.29, 1.82) is 0 Å². The Hall–Kier alpha value is -1.27. The first-order valence-corrected chi connectivity index (χ1v) is 8.09. The second kappa shape index (κ2) is 5.02. The number of hydrogen-bond donors (Lipinski definition) is 2. The number of hydrogen-bond acceptors (Lipinski definition) is 4. The SMILES string of the molecule is CCC1CCC(C)N1c1cc(N)cc(S(N)(=O)=O)c1. The van der Waals surface area contributed by atoms with Crippen LogP contribution in [0.4, 0.5) is 11.4 Å². The first-order chi connectivity index (χ1) is 8.82. The van der Waals surface area contributed by atoms with Gasteiger partial charge in [0.15, 0.2) is 0 Å². The molecule has 2 rings (SSSR count). The van der Waals surface area contributed by atoms with E-state index < -0.39 is 10.0 Å². The summed E-state index contributed by atoms with van der Waals surface area (Å²) in [4.78, 5) is 2.34. The molecule has 5 nitrogen and oxygen atoms in total. The topological polar surface area (TPSA) is 89.4 Å². The van der Waals surface area contributed by atoms with Gasteiger partial charge >= 0.3 is 0 Å². The highest BCUT2D eigenvalue weighted by atomic mass is 32.2. The summed E-state index contributed by atoms with van der Waals surface area (Å²) >= 11 is 0. The Morgan fingerprint density at radius 2 is 2.00 bits per heavy atom. The number of nitrogens with two attached hydrogens (primary N) is 2. The monoisotopic (exact) mass is 283 g/mol. The van der Waals surface area contributed by atoms with Crippen molar-refractivity contribution in [3.05, 3.63) is 18.2 Å². The number of rotatable bonds is 3. The Balaban J connectivity index is 2.47. The molecular weight excluding hydrogens is 262 g/mol. The molecule has 0 aromatic heterocycles. The molecule has 0 amide bonds. The maximum absolute atomic E-state index is 11.5. The van der Waals surface area contributed by atoms with Crippen LogP contribution in [-0.2, 0) is 10.0 Å². The summed E-state index contributed by atoms with van der Waals surface area (Å²) in [5, 5.41) is 5.19. The first-order valence-electron chi connectivity index (χ1n) is 6.54. The van der Waals surface area contributed by atoms with Crippen LogP contribution in [0.1, 0.15) is 33.1 Å². The van der Waals surface area contributed by atoms with Gasteiger partial charge in [-0.05, 0) is 44.4 Å². The third-order valence-electron chi connectivity index (χ3n) is 3.80. The minimum atomic E-state index is -3.73. The maximum atomic E-state index is 11.5. The van der Waals surface area contributed by atoms with Gasteiger partial charge in [0.1, 0.15) is 0 Å². The third-order valence-corrected chi connectivity index (χ3v) is 4.69. The van der Waals surface area contributed by atoms with E-state index in [9.17, 15) is 8.42 Å². The van der Waals surface area contributed by atoms with Gasteiger partial charge in [0.05, 0.1) is 4.90 Å². The molecule has 4 N–H and O–H groups in total. The fourth-order valence-electron chi connectivity index (χ4n) is 2.86. The quantitative estimate of drug-likeness (QED) is 0.826. The number of primary sulfonamides is 1. The minimum Gasteiger partial charge on any atom is -0.399 e. The lowest BCUT2D eigenvalue weighted by Gasteiger charge is -2.30. The van der Waals surface area contributed by atoms with Crippen molar-refractivity contribution in [2.45, 2.75) is 50.1 Å². The summed E-state index contributed by atoms with van der Waals surface area (Å²) in [6.45, 7) is 4.29. The Kier molecular flexibility index (Phi) is 3.73. The van der Waals surface area contributed by atoms with Crippen molar-refractivity contribution >= 4 is 21.4 Å². The molecule has 1 heterocycles. The standard InChI is InChI=1S/C13H21N3O2S/c1-3-11-5-4-9(2)16(11)12-6-10(14)7-13(8-12)19(15,17)18/h6-9,11H,3-5,14H2,1-2H3,(H2,15,17,18). The summed E-state index contributed by atoms with van der Waals surface area (Å²) in [6, 6.07) is 5.67. The van der Waals surface area contributed by atoms with Crippen LogP contribution in [0.15, 0.2) is 23.1 Å². The van der Waals surface area contributed by atoms with E-state index in [1.807, 2.05) is 6.07 Å². The lowest BCUT2D eigenvalue weighted by molar-refractivity contribution is 0.597. The third kappa shape index (κ3) is 2.84.